The van der Waals surface area contributed by atoms with Crippen LogP contribution >= 0.6 is 11.8 Å². The minimum Gasteiger partial charge on any atom is -0.481 e. The monoisotopic (exact) mass is 390 g/mol. The summed E-state index contributed by atoms with van der Waals surface area (Å²) in [5, 5.41) is 12.2. The molecule has 1 aromatic rings. The van der Waals surface area contributed by atoms with Crippen LogP contribution in [0.5, 0.6) is 0 Å². The molecule has 1 aromatic carbocycles. The number of carboxylic acid groups (broad SMARTS) is 1. The quantitative estimate of drug-likeness (QED) is 0.699. The molecule has 1 heterocycles. The molecule has 0 aromatic heterocycles. The molecule has 1 aliphatic carbocycles. The van der Waals surface area contributed by atoms with Gasteiger partial charge in [0, 0.05) is 23.9 Å². The number of thioether (sulfide) groups is 1. The molecular formula is C20H26N2O4S. The van der Waals surface area contributed by atoms with E-state index in [0.717, 1.165) is 36.1 Å². The molecule has 6 nitrogen and oxygen atoms in total. The number of rotatable bonds is 7. The van der Waals surface area contributed by atoms with Crippen molar-refractivity contribution in [1.29, 1.82) is 0 Å². The van der Waals surface area contributed by atoms with Gasteiger partial charge in [-0.25, -0.2) is 0 Å². The zero-order chi connectivity index (χ0) is 19.4. The van der Waals surface area contributed by atoms with E-state index in [1.54, 1.807) is 11.8 Å². The van der Waals surface area contributed by atoms with Crippen LogP contribution in [0.3, 0.4) is 0 Å². The first-order valence-corrected chi connectivity index (χ1v) is 10.7. The average Bonchev–Trinajstić information content (AvgIpc) is 3.52. The number of hydrogen-bond donors (Lipinski definition) is 2. The summed E-state index contributed by atoms with van der Waals surface area (Å²) in [5.41, 5.74) is 0.783. The van der Waals surface area contributed by atoms with Crippen molar-refractivity contribution < 1.29 is 19.5 Å². The Morgan fingerprint density at radius 2 is 1.89 bits per heavy atom. The van der Waals surface area contributed by atoms with Crippen LogP contribution in [0.15, 0.2) is 29.2 Å². The highest BCUT2D eigenvalue weighted by molar-refractivity contribution is 7.98. The number of hydrogen-bond acceptors (Lipinski definition) is 4. The molecule has 0 bridgehead atoms. The molecule has 1 saturated heterocycles. The van der Waals surface area contributed by atoms with Crippen LogP contribution in [-0.2, 0) is 14.4 Å². The van der Waals surface area contributed by atoms with Gasteiger partial charge < -0.3 is 15.3 Å². The first kappa shape index (κ1) is 19.7. The van der Waals surface area contributed by atoms with E-state index in [-0.39, 0.29) is 30.1 Å². The lowest BCUT2D eigenvalue weighted by atomic mass is 9.95. The minimum absolute atomic E-state index is 0.154. The van der Waals surface area contributed by atoms with E-state index in [1.165, 1.54) is 0 Å². The van der Waals surface area contributed by atoms with Crippen LogP contribution in [0.2, 0.25) is 0 Å². The predicted octanol–water partition coefficient (Wildman–Crippen LogP) is 2.69. The summed E-state index contributed by atoms with van der Waals surface area (Å²) in [7, 11) is 0. The topological polar surface area (TPSA) is 86.7 Å². The average molecular weight is 391 g/mol. The van der Waals surface area contributed by atoms with Crippen molar-refractivity contribution in [3.05, 3.63) is 29.8 Å². The van der Waals surface area contributed by atoms with Gasteiger partial charge in [0.15, 0.2) is 0 Å². The van der Waals surface area contributed by atoms with Crippen LogP contribution in [-0.4, -0.2) is 47.1 Å². The van der Waals surface area contributed by atoms with Gasteiger partial charge in [-0.3, -0.25) is 14.4 Å². The van der Waals surface area contributed by atoms with Gasteiger partial charge in [-0.15, -0.1) is 11.8 Å². The molecule has 27 heavy (non-hydrogen) atoms. The predicted molar refractivity (Wildman–Crippen MR) is 103 cm³/mol. The second kappa shape index (κ2) is 8.78. The highest BCUT2D eigenvalue weighted by atomic mass is 32.2. The number of benzene rings is 1. The van der Waals surface area contributed by atoms with Crippen molar-refractivity contribution in [1.82, 2.24) is 10.2 Å². The summed E-state index contributed by atoms with van der Waals surface area (Å²) < 4.78 is 0. The molecule has 1 aliphatic heterocycles. The number of aliphatic carboxylic acids is 1. The van der Waals surface area contributed by atoms with Crippen molar-refractivity contribution in [2.24, 2.45) is 11.8 Å². The third kappa shape index (κ3) is 5.25. The van der Waals surface area contributed by atoms with E-state index < -0.39 is 12.0 Å². The summed E-state index contributed by atoms with van der Waals surface area (Å²) in [6.45, 7) is 1.15. The first-order valence-electron chi connectivity index (χ1n) is 9.43. The van der Waals surface area contributed by atoms with Gasteiger partial charge in [0.2, 0.25) is 11.8 Å². The standard InChI is InChI=1S/C20H26N2O4S/c1-27-16-8-6-13(7-9-16)17(11-18(23)24)21-19(25)15-3-2-10-22(12-15)20(26)14-4-5-14/h6-9,14-15,17H,2-5,10-12H2,1H3,(H,21,25)(H,23,24). The number of amides is 2. The number of nitrogens with zero attached hydrogens (tertiary/aromatic N) is 1. The van der Waals surface area contributed by atoms with E-state index in [1.807, 2.05) is 35.4 Å². The van der Waals surface area contributed by atoms with Crippen molar-refractivity contribution in [2.45, 2.75) is 43.0 Å². The number of nitrogens with one attached hydrogen (secondary N) is 1. The van der Waals surface area contributed by atoms with Gasteiger partial charge in [-0.2, -0.15) is 0 Å². The van der Waals surface area contributed by atoms with Crippen molar-refractivity contribution in [3.63, 3.8) is 0 Å². The maximum absolute atomic E-state index is 12.8. The fourth-order valence-corrected chi connectivity index (χ4v) is 3.94. The normalized spacial score (nSPS) is 20.8. The van der Waals surface area contributed by atoms with Crippen LogP contribution in [0.4, 0.5) is 0 Å². The van der Waals surface area contributed by atoms with Crippen LogP contribution in [0.1, 0.15) is 43.7 Å². The maximum atomic E-state index is 12.8. The smallest absolute Gasteiger partial charge is 0.305 e. The zero-order valence-corrected chi connectivity index (χ0v) is 16.3. The molecule has 2 fully saturated rings. The van der Waals surface area contributed by atoms with Gasteiger partial charge in [0.25, 0.3) is 0 Å². The lowest BCUT2D eigenvalue weighted by Crippen LogP contribution is -2.46. The molecule has 0 spiro atoms. The van der Waals surface area contributed by atoms with E-state index >= 15 is 0 Å². The fraction of sp³-hybridized carbons (Fsp3) is 0.550. The molecule has 2 amide bonds. The van der Waals surface area contributed by atoms with Gasteiger partial charge >= 0.3 is 5.97 Å². The zero-order valence-electron chi connectivity index (χ0n) is 15.5. The highest BCUT2D eigenvalue weighted by Gasteiger charge is 2.37. The van der Waals surface area contributed by atoms with Gasteiger partial charge in [-0.1, -0.05) is 12.1 Å². The molecule has 0 radical (unpaired) electrons. The fourth-order valence-electron chi connectivity index (χ4n) is 3.53. The van der Waals surface area contributed by atoms with E-state index in [2.05, 4.69) is 5.32 Å². The van der Waals surface area contributed by atoms with E-state index in [0.29, 0.717) is 13.1 Å². The largest absolute Gasteiger partial charge is 0.481 e. The lowest BCUT2D eigenvalue weighted by Gasteiger charge is -2.33. The van der Waals surface area contributed by atoms with Crippen molar-refractivity contribution in [2.75, 3.05) is 19.3 Å². The number of carbonyl (C=O) groups excluding carboxylic acids is 2. The minimum atomic E-state index is -0.955. The number of likely N-dealkylation sites (tertiary alicyclic amines) is 1. The number of piperidine rings is 1. The molecule has 3 rings (SSSR count). The summed E-state index contributed by atoms with van der Waals surface area (Å²) in [6, 6.07) is 7.02. The van der Waals surface area contributed by atoms with E-state index in [4.69, 9.17) is 0 Å². The molecule has 2 atom stereocenters. The Hall–Kier alpha value is -2.02. The van der Waals surface area contributed by atoms with Crippen molar-refractivity contribution in [3.8, 4) is 0 Å². The molecule has 2 aliphatic rings. The Kier molecular flexibility index (Phi) is 6.42. The molecular weight excluding hydrogens is 364 g/mol. The highest BCUT2D eigenvalue weighted by Crippen LogP contribution is 2.32. The summed E-state index contributed by atoms with van der Waals surface area (Å²) in [6.07, 6.45) is 5.26. The third-order valence-corrected chi connectivity index (χ3v) is 5.99. The van der Waals surface area contributed by atoms with Gasteiger partial charge in [0.05, 0.1) is 18.4 Å². The maximum Gasteiger partial charge on any atom is 0.305 e. The molecule has 1 saturated carbocycles. The van der Waals surface area contributed by atoms with Gasteiger partial charge in [0.1, 0.15) is 0 Å². The Balaban J connectivity index is 1.65. The van der Waals surface area contributed by atoms with Crippen LogP contribution in [0, 0.1) is 11.8 Å². The van der Waals surface area contributed by atoms with Crippen LogP contribution < -0.4 is 5.32 Å². The van der Waals surface area contributed by atoms with Gasteiger partial charge in [-0.05, 0) is 49.6 Å². The summed E-state index contributed by atoms with van der Waals surface area (Å²) in [5.74, 6) is -1.07. The Morgan fingerprint density at radius 3 is 2.48 bits per heavy atom. The second-order valence-electron chi connectivity index (χ2n) is 7.33. The summed E-state index contributed by atoms with van der Waals surface area (Å²) in [4.78, 5) is 39.3. The number of carbonyl (C=O) groups is 3. The second-order valence-corrected chi connectivity index (χ2v) is 8.21. The molecule has 2 N–H and O–H groups in total. The van der Waals surface area contributed by atoms with Crippen molar-refractivity contribution >= 4 is 29.5 Å². The molecule has 146 valence electrons. The first-order chi connectivity index (χ1) is 13.0. The Labute approximate surface area is 163 Å². The molecule has 7 heteroatoms. The SMILES string of the molecule is CSc1ccc(C(CC(=O)O)NC(=O)C2CCCN(C(=O)C3CC3)C2)cc1. The lowest BCUT2D eigenvalue weighted by molar-refractivity contribution is -0.138. The Morgan fingerprint density at radius 1 is 1.19 bits per heavy atom. The number of carboxylic acids is 1. The Bertz CT molecular complexity index is 702. The summed E-state index contributed by atoms with van der Waals surface area (Å²) >= 11 is 1.61. The van der Waals surface area contributed by atoms with Crippen LogP contribution in [0.25, 0.3) is 0 Å². The third-order valence-electron chi connectivity index (χ3n) is 5.24. The molecule has 2 unspecified atom stereocenters. The van der Waals surface area contributed by atoms with E-state index in [9.17, 15) is 19.5 Å².